The Kier molecular flexibility index (Phi) is 6.51. The summed E-state index contributed by atoms with van der Waals surface area (Å²) in [6, 6.07) is 19.4. The van der Waals surface area contributed by atoms with Gasteiger partial charge in [-0.3, -0.25) is 4.79 Å². The lowest BCUT2D eigenvalue weighted by Crippen LogP contribution is -2.41. The molecule has 1 saturated heterocycles. The van der Waals surface area contributed by atoms with Crippen molar-refractivity contribution in [3.05, 3.63) is 93.3 Å². The van der Waals surface area contributed by atoms with Gasteiger partial charge in [-0.15, -0.1) is 0 Å². The first-order valence-corrected chi connectivity index (χ1v) is 12.4. The predicted molar refractivity (Wildman–Crippen MR) is 142 cm³/mol. The van der Waals surface area contributed by atoms with Crippen LogP contribution in [0.1, 0.15) is 50.4 Å². The highest BCUT2D eigenvalue weighted by Crippen LogP contribution is 2.44. The van der Waals surface area contributed by atoms with Crippen molar-refractivity contribution in [1.82, 2.24) is 15.5 Å². The predicted octanol–water partition coefficient (Wildman–Crippen LogP) is 4.32. The van der Waals surface area contributed by atoms with Gasteiger partial charge in [0.05, 0.1) is 16.9 Å². The molecule has 0 radical (unpaired) electrons. The molecule has 2 N–H and O–H groups in total. The van der Waals surface area contributed by atoms with Gasteiger partial charge in [0.25, 0.3) is 5.56 Å². The fourth-order valence-electron chi connectivity index (χ4n) is 4.65. The van der Waals surface area contributed by atoms with Crippen molar-refractivity contribution in [3.8, 4) is 11.1 Å². The van der Waals surface area contributed by atoms with Crippen LogP contribution in [0.15, 0.2) is 70.9 Å². The molecule has 1 aliphatic heterocycles. The molecule has 9 heteroatoms. The van der Waals surface area contributed by atoms with Gasteiger partial charge < -0.3 is 19.4 Å². The quantitative estimate of drug-likeness (QED) is 0.490. The Morgan fingerprint density at radius 1 is 1.00 bits per heavy atom. The number of nitrogens with zero attached hydrogens (tertiary/aromatic N) is 1. The molecule has 0 saturated carbocycles. The Morgan fingerprint density at radius 3 is 2.16 bits per heavy atom. The monoisotopic (exact) mass is 499 g/mol. The molecular weight excluding hydrogens is 469 g/mol. The van der Waals surface area contributed by atoms with Crippen molar-refractivity contribution in [3.63, 3.8) is 0 Å². The number of carbonyl (C=O) groups is 1. The summed E-state index contributed by atoms with van der Waals surface area (Å²) in [6.45, 7) is 8.18. The number of aromatic nitrogens is 2. The highest BCUT2D eigenvalue weighted by molar-refractivity contribution is 6.56. The molecular formula is C28H30BN3O5. The van der Waals surface area contributed by atoms with Gasteiger partial charge in [0.1, 0.15) is 6.61 Å². The number of fused-ring (bicyclic) bond motifs is 3. The fourth-order valence-corrected chi connectivity index (χ4v) is 4.65. The third kappa shape index (κ3) is 4.97. The maximum absolute atomic E-state index is 12.8. The van der Waals surface area contributed by atoms with Crippen molar-refractivity contribution in [2.24, 2.45) is 0 Å². The van der Waals surface area contributed by atoms with Gasteiger partial charge in [-0.2, -0.15) is 5.10 Å². The smallest absolute Gasteiger partial charge is 0.449 e. The van der Waals surface area contributed by atoms with E-state index in [2.05, 4.69) is 39.8 Å². The van der Waals surface area contributed by atoms with Gasteiger partial charge in [0.2, 0.25) is 0 Å². The lowest BCUT2D eigenvalue weighted by Gasteiger charge is -2.32. The van der Waals surface area contributed by atoms with Crippen LogP contribution in [-0.2, 0) is 14.0 Å². The van der Waals surface area contributed by atoms with E-state index in [0.29, 0.717) is 11.2 Å². The number of amides is 1. The number of benzene rings is 2. The molecule has 0 bridgehead atoms. The summed E-state index contributed by atoms with van der Waals surface area (Å²) in [6.07, 6.45) is 1.20. The van der Waals surface area contributed by atoms with Crippen LogP contribution in [0.4, 0.5) is 4.79 Å². The number of aromatic amines is 1. The summed E-state index contributed by atoms with van der Waals surface area (Å²) in [5.41, 5.74) is 4.39. The summed E-state index contributed by atoms with van der Waals surface area (Å²) >= 11 is 0. The molecule has 37 heavy (non-hydrogen) atoms. The molecule has 1 aromatic heterocycles. The van der Waals surface area contributed by atoms with Gasteiger partial charge >= 0.3 is 13.2 Å². The first-order chi connectivity index (χ1) is 17.6. The topological polar surface area (TPSA) is 103 Å². The van der Waals surface area contributed by atoms with Gasteiger partial charge in [0, 0.05) is 18.5 Å². The van der Waals surface area contributed by atoms with Crippen LogP contribution in [0.5, 0.6) is 0 Å². The SMILES string of the molecule is CC1(C)OB(C(=Cc2ccc(=O)[nH]n2)CNC(=O)OCC2c3ccccc3-c3ccccc32)OC1(C)C. The number of hydrogen-bond acceptors (Lipinski definition) is 6. The van der Waals surface area contributed by atoms with Crippen LogP contribution in [0.2, 0.25) is 0 Å². The zero-order valence-electron chi connectivity index (χ0n) is 21.4. The summed E-state index contributed by atoms with van der Waals surface area (Å²) in [5.74, 6) is -0.0263. The molecule has 2 heterocycles. The molecule has 190 valence electrons. The van der Waals surface area contributed by atoms with Crippen molar-refractivity contribution >= 4 is 19.3 Å². The molecule has 0 atom stereocenters. The van der Waals surface area contributed by atoms with Crippen LogP contribution in [0.25, 0.3) is 17.2 Å². The van der Waals surface area contributed by atoms with Gasteiger partial charge in [-0.1, -0.05) is 48.5 Å². The molecule has 3 aromatic rings. The van der Waals surface area contributed by atoms with Gasteiger partial charge in [-0.25, -0.2) is 9.89 Å². The third-order valence-electron chi connectivity index (χ3n) is 7.37. The fraction of sp³-hybridized carbons (Fsp3) is 0.321. The number of hydrogen-bond donors (Lipinski definition) is 2. The second-order valence-corrected chi connectivity index (χ2v) is 10.3. The van der Waals surface area contributed by atoms with Gasteiger partial charge in [-0.05, 0) is 67.6 Å². The molecule has 8 nitrogen and oxygen atoms in total. The number of nitrogens with one attached hydrogen (secondary N) is 2. The summed E-state index contributed by atoms with van der Waals surface area (Å²) < 4.78 is 18.1. The van der Waals surface area contributed by atoms with Crippen LogP contribution in [0, 0.1) is 0 Å². The minimum atomic E-state index is -0.701. The standard InChI is InChI=1S/C28H30BN3O5/c1-27(2)28(3,4)37-29(36-27)18(15-19-13-14-25(33)32-31-19)16-30-26(34)35-17-24-22-11-7-5-9-20(22)21-10-6-8-12-23(21)24/h5-15,24H,16-17H2,1-4H3,(H,30,34)(H,32,33). The second-order valence-electron chi connectivity index (χ2n) is 10.3. The van der Waals surface area contributed by atoms with Crippen LogP contribution in [-0.4, -0.2) is 47.8 Å². The number of H-pyrrole nitrogens is 1. The third-order valence-corrected chi connectivity index (χ3v) is 7.37. The second kappa shape index (κ2) is 9.65. The number of ether oxygens (including phenoxy) is 1. The maximum atomic E-state index is 12.8. The molecule has 0 unspecified atom stereocenters. The zero-order chi connectivity index (χ0) is 26.2. The normalized spacial score (nSPS) is 17.8. The Bertz CT molecular complexity index is 1330. The van der Waals surface area contributed by atoms with E-state index in [1.807, 2.05) is 52.0 Å². The Hall–Kier alpha value is -3.69. The highest BCUT2D eigenvalue weighted by atomic mass is 16.7. The first-order valence-electron chi connectivity index (χ1n) is 12.4. The summed E-state index contributed by atoms with van der Waals surface area (Å²) in [7, 11) is -0.701. The van der Waals surface area contributed by atoms with E-state index >= 15 is 0 Å². The molecule has 1 fully saturated rings. The van der Waals surface area contributed by atoms with Crippen LogP contribution >= 0.6 is 0 Å². The number of carbonyl (C=O) groups excluding carboxylic acids is 1. The molecule has 2 aromatic carbocycles. The number of rotatable bonds is 6. The first kappa shape index (κ1) is 25.0. The zero-order valence-corrected chi connectivity index (χ0v) is 21.4. The van der Waals surface area contributed by atoms with Crippen molar-refractivity contribution < 1.29 is 18.8 Å². The average molecular weight is 499 g/mol. The summed E-state index contributed by atoms with van der Waals surface area (Å²) in [4.78, 5) is 24.2. The maximum Gasteiger partial charge on any atom is 0.492 e. The van der Waals surface area contributed by atoms with E-state index < -0.39 is 24.4 Å². The lowest BCUT2D eigenvalue weighted by molar-refractivity contribution is 0.00578. The molecule has 1 aliphatic carbocycles. The Balaban J connectivity index is 1.29. The summed E-state index contributed by atoms with van der Waals surface area (Å²) in [5, 5.41) is 9.30. The molecule has 0 spiro atoms. The van der Waals surface area contributed by atoms with Gasteiger partial charge in [0.15, 0.2) is 0 Å². The van der Waals surface area contributed by atoms with Crippen molar-refractivity contribution in [2.75, 3.05) is 13.2 Å². The van der Waals surface area contributed by atoms with E-state index in [4.69, 9.17) is 14.0 Å². The Morgan fingerprint density at radius 2 is 1.59 bits per heavy atom. The highest BCUT2D eigenvalue weighted by Gasteiger charge is 2.52. The van der Waals surface area contributed by atoms with E-state index in [9.17, 15) is 9.59 Å². The molecule has 1 amide bonds. The van der Waals surface area contributed by atoms with E-state index in [-0.39, 0.29) is 24.6 Å². The minimum Gasteiger partial charge on any atom is -0.449 e. The molecule has 2 aliphatic rings. The molecule has 5 rings (SSSR count). The largest absolute Gasteiger partial charge is 0.492 e. The van der Waals surface area contributed by atoms with Crippen molar-refractivity contribution in [1.29, 1.82) is 0 Å². The Labute approximate surface area is 216 Å². The van der Waals surface area contributed by atoms with Crippen molar-refractivity contribution in [2.45, 2.75) is 44.8 Å². The van der Waals surface area contributed by atoms with E-state index in [0.717, 1.165) is 11.1 Å². The average Bonchev–Trinajstić information content (AvgIpc) is 3.30. The van der Waals surface area contributed by atoms with E-state index in [1.165, 1.54) is 17.2 Å². The lowest BCUT2D eigenvalue weighted by atomic mass is 9.77. The van der Waals surface area contributed by atoms with Crippen LogP contribution in [0.3, 0.4) is 0 Å². The van der Waals surface area contributed by atoms with E-state index in [1.54, 1.807) is 12.1 Å². The number of alkyl carbamates (subject to hydrolysis) is 1. The minimum absolute atomic E-state index is 0.0263. The van der Waals surface area contributed by atoms with Crippen LogP contribution < -0.4 is 10.9 Å².